The molecule has 0 saturated carbocycles. The molecule has 0 saturated heterocycles. The van der Waals surface area contributed by atoms with Crippen LogP contribution in [0, 0.1) is 17.5 Å². The third-order valence-electron chi connectivity index (χ3n) is 4.32. The van der Waals surface area contributed by atoms with E-state index in [2.05, 4.69) is 5.16 Å². The third kappa shape index (κ3) is 2.90. The van der Waals surface area contributed by atoms with Crippen LogP contribution in [0.2, 0.25) is 0 Å². The highest BCUT2D eigenvalue weighted by atomic mass is 19.1. The van der Waals surface area contributed by atoms with Crippen molar-refractivity contribution in [3.05, 3.63) is 107 Å². The van der Waals surface area contributed by atoms with Gasteiger partial charge in [0, 0.05) is 0 Å². The van der Waals surface area contributed by atoms with Crippen LogP contribution in [-0.4, -0.2) is 11.0 Å². The highest BCUT2D eigenvalue weighted by Crippen LogP contribution is 2.39. The van der Waals surface area contributed by atoms with Gasteiger partial charge in [0.15, 0.2) is 5.84 Å². The van der Waals surface area contributed by atoms with E-state index in [0.717, 1.165) is 0 Å². The second kappa shape index (κ2) is 6.92. The SMILES string of the molecule is N/C(=N\O)C(c1ccc(F)cc1)(c1ccc(F)cc1)c1ccc(F)cc1. The number of benzene rings is 3. The molecule has 0 aliphatic rings. The minimum absolute atomic E-state index is 0.220. The van der Waals surface area contributed by atoms with Gasteiger partial charge >= 0.3 is 0 Å². The molecule has 0 radical (unpaired) electrons. The summed E-state index contributed by atoms with van der Waals surface area (Å²) >= 11 is 0. The number of hydrogen-bond acceptors (Lipinski definition) is 2. The first-order chi connectivity index (χ1) is 12.5. The fraction of sp³-hybridized carbons (Fsp3) is 0.0500. The summed E-state index contributed by atoms with van der Waals surface area (Å²) < 4.78 is 40.4. The molecule has 0 heterocycles. The number of oxime groups is 1. The van der Waals surface area contributed by atoms with Gasteiger partial charge in [0.1, 0.15) is 22.9 Å². The fourth-order valence-corrected chi connectivity index (χ4v) is 3.12. The molecule has 0 atom stereocenters. The van der Waals surface area contributed by atoms with Gasteiger partial charge in [-0.3, -0.25) is 0 Å². The first kappa shape index (κ1) is 17.5. The van der Waals surface area contributed by atoms with Crippen LogP contribution in [0.1, 0.15) is 16.7 Å². The van der Waals surface area contributed by atoms with Crippen molar-refractivity contribution in [2.24, 2.45) is 10.9 Å². The summed E-state index contributed by atoms with van der Waals surface area (Å²) in [7, 11) is 0. The summed E-state index contributed by atoms with van der Waals surface area (Å²) in [6, 6.07) is 16.3. The summed E-state index contributed by atoms with van der Waals surface area (Å²) in [5, 5.41) is 12.6. The maximum Gasteiger partial charge on any atom is 0.158 e. The summed E-state index contributed by atoms with van der Waals surface area (Å²) in [4.78, 5) is 0. The van der Waals surface area contributed by atoms with Crippen molar-refractivity contribution in [3.8, 4) is 0 Å². The zero-order valence-electron chi connectivity index (χ0n) is 13.5. The Labute approximate surface area is 148 Å². The quantitative estimate of drug-likeness (QED) is 0.242. The van der Waals surface area contributed by atoms with Crippen molar-refractivity contribution in [1.82, 2.24) is 0 Å². The molecule has 0 unspecified atom stereocenters. The number of rotatable bonds is 4. The summed E-state index contributed by atoms with van der Waals surface area (Å²) in [5.41, 5.74) is 6.16. The van der Waals surface area contributed by atoms with Crippen molar-refractivity contribution in [2.45, 2.75) is 5.41 Å². The molecule has 3 aromatic carbocycles. The van der Waals surface area contributed by atoms with E-state index >= 15 is 0 Å². The van der Waals surface area contributed by atoms with Crippen LogP contribution in [0.4, 0.5) is 13.2 Å². The average molecular weight is 356 g/mol. The lowest BCUT2D eigenvalue weighted by Crippen LogP contribution is -2.43. The predicted octanol–water partition coefficient (Wildman–Crippen LogP) is 4.18. The number of hydrogen-bond donors (Lipinski definition) is 2. The minimum atomic E-state index is -1.36. The van der Waals surface area contributed by atoms with Crippen molar-refractivity contribution >= 4 is 5.84 Å². The Balaban J connectivity index is 2.39. The van der Waals surface area contributed by atoms with Gasteiger partial charge in [-0.2, -0.15) is 0 Å². The largest absolute Gasteiger partial charge is 0.409 e. The highest BCUT2D eigenvalue weighted by Gasteiger charge is 2.41. The lowest BCUT2D eigenvalue weighted by molar-refractivity contribution is 0.314. The van der Waals surface area contributed by atoms with Crippen LogP contribution in [0.3, 0.4) is 0 Å². The normalized spacial score (nSPS) is 12.2. The Hall–Kier alpha value is -3.28. The van der Waals surface area contributed by atoms with Gasteiger partial charge in [0.05, 0.1) is 0 Å². The third-order valence-corrected chi connectivity index (χ3v) is 4.32. The highest BCUT2D eigenvalue weighted by molar-refractivity contribution is 5.98. The molecule has 0 fully saturated rings. The van der Waals surface area contributed by atoms with E-state index in [-0.39, 0.29) is 5.84 Å². The molecular formula is C20H15F3N2O. The lowest BCUT2D eigenvalue weighted by atomic mass is 9.68. The van der Waals surface area contributed by atoms with Gasteiger partial charge in [-0.25, -0.2) is 13.2 Å². The Morgan fingerprint density at radius 2 is 0.923 bits per heavy atom. The summed E-state index contributed by atoms with van der Waals surface area (Å²) in [6.07, 6.45) is 0. The zero-order chi connectivity index (χ0) is 18.7. The number of nitrogens with two attached hydrogens (primary N) is 1. The van der Waals surface area contributed by atoms with Crippen molar-refractivity contribution in [1.29, 1.82) is 0 Å². The Kier molecular flexibility index (Phi) is 4.67. The molecule has 0 spiro atoms. The zero-order valence-corrected chi connectivity index (χ0v) is 13.5. The van der Waals surface area contributed by atoms with Gasteiger partial charge in [0.25, 0.3) is 0 Å². The fourth-order valence-electron chi connectivity index (χ4n) is 3.12. The Bertz CT molecular complexity index is 810. The maximum atomic E-state index is 13.5. The molecule has 0 aromatic heterocycles. The molecule has 3 nitrogen and oxygen atoms in total. The van der Waals surface area contributed by atoms with Crippen LogP contribution in [0.15, 0.2) is 78.0 Å². The molecule has 3 aromatic rings. The number of halogens is 3. The van der Waals surface area contributed by atoms with Crippen LogP contribution in [0.25, 0.3) is 0 Å². The first-order valence-corrected chi connectivity index (χ1v) is 7.74. The second-order valence-corrected chi connectivity index (χ2v) is 5.76. The maximum absolute atomic E-state index is 13.5. The van der Waals surface area contributed by atoms with Gasteiger partial charge in [-0.1, -0.05) is 41.6 Å². The second-order valence-electron chi connectivity index (χ2n) is 5.76. The standard InChI is InChI=1S/C20H15F3N2O/c21-16-7-1-13(2-8-16)20(19(24)25-26,14-3-9-17(22)10-4-14)15-5-11-18(23)12-6-15/h1-12,26H,(H2,24,25). The van der Waals surface area contributed by atoms with Crippen LogP contribution in [-0.2, 0) is 5.41 Å². The van der Waals surface area contributed by atoms with E-state index in [1.165, 1.54) is 72.8 Å². The van der Waals surface area contributed by atoms with E-state index in [0.29, 0.717) is 16.7 Å². The van der Waals surface area contributed by atoms with Gasteiger partial charge < -0.3 is 10.9 Å². The van der Waals surface area contributed by atoms with Gasteiger partial charge in [-0.05, 0) is 53.1 Å². The first-order valence-electron chi connectivity index (χ1n) is 7.74. The van der Waals surface area contributed by atoms with Crippen LogP contribution < -0.4 is 5.73 Å². The molecule has 3 rings (SSSR count). The van der Waals surface area contributed by atoms with Crippen molar-refractivity contribution < 1.29 is 18.4 Å². The smallest absolute Gasteiger partial charge is 0.158 e. The van der Waals surface area contributed by atoms with E-state index in [9.17, 15) is 18.4 Å². The topological polar surface area (TPSA) is 58.6 Å². The molecule has 0 aliphatic carbocycles. The number of nitrogens with zero attached hydrogens (tertiary/aromatic N) is 1. The summed E-state index contributed by atoms with van der Waals surface area (Å²) in [6.45, 7) is 0. The Morgan fingerprint density at radius 3 is 1.15 bits per heavy atom. The van der Waals surface area contributed by atoms with E-state index < -0.39 is 22.9 Å². The predicted molar refractivity (Wildman–Crippen MR) is 92.5 cm³/mol. The average Bonchev–Trinajstić information content (AvgIpc) is 2.66. The van der Waals surface area contributed by atoms with Gasteiger partial charge in [0.2, 0.25) is 0 Å². The molecule has 0 amide bonds. The van der Waals surface area contributed by atoms with Crippen molar-refractivity contribution in [2.75, 3.05) is 0 Å². The van der Waals surface area contributed by atoms with E-state index in [1.807, 2.05) is 0 Å². The monoisotopic (exact) mass is 356 g/mol. The molecular weight excluding hydrogens is 341 g/mol. The summed E-state index contributed by atoms with van der Waals surface area (Å²) in [5.74, 6) is -1.59. The van der Waals surface area contributed by atoms with Crippen LogP contribution >= 0.6 is 0 Å². The molecule has 6 heteroatoms. The molecule has 0 aliphatic heterocycles. The minimum Gasteiger partial charge on any atom is -0.409 e. The molecule has 132 valence electrons. The number of amidine groups is 1. The lowest BCUT2D eigenvalue weighted by Gasteiger charge is -2.34. The van der Waals surface area contributed by atoms with Crippen molar-refractivity contribution in [3.63, 3.8) is 0 Å². The van der Waals surface area contributed by atoms with E-state index in [4.69, 9.17) is 5.73 Å². The van der Waals surface area contributed by atoms with Crippen LogP contribution in [0.5, 0.6) is 0 Å². The van der Waals surface area contributed by atoms with Gasteiger partial charge in [-0.15, -0.1) is 0 Å². The van der Waals surface area contributed by atoms with E-state index in [1.54, 1.807) is 0 Å². The molecule has 0 bridgehead atoms. The Morgan fingerprint density at radius 1 is 0.654 bits per heavy atom. The molecule has 3 N–H and O–H groups in total. The molecule has 26 heavy (non-hydrogen) atoms.